The van der Waals surface area contributed by atoms with Crippen LogP contribution in [0.25, 0.3) is 11.3 Å². The highest BCUT2D eigenvalue weighted by Gasteiger charge is 2.18. The number of benzene rings is 2. The zero-order valence-corrected chi connectivity index (χ0v) is 14.0. The topological polar surface area (TPSA) is 57.8 Å². The Morgan fingerprint density at radius 2 is 1.88 bits per heavy atom. The number of amides is 1. The van der Waals surface area contributed by atoms with E-state index in [9.17, 15) is 13.6 Å². The minimum absolute atomic E-state index is 0.345. The molecule has 0 aliphatic heterocycles. The van der Waals surface area contributed by atoms with Gasteiger partial charge in [0.1, 0.15) is 5.69 Å². The number of rotatable bonds is 4. The van der Waals surface area contributed by atoms with E-state index in [4.69, 9.17) is 11.6 Å². The Kier molecular flexibility index (Phi) is 4.81. The zero-order chi connectivity index (χ0) is 18.0. The molecule has 2 aromatic carbocycles. The number of nitrogens with one attached hydrogen (secondary N) is 2. The number of carbonyl (C=O) groups excluding carboxylic acids is 1. The summed E-state index contributed by atoms with van der Waals surface area (Å²) >= 11 is 5.83. The second-order valence-electron chi connectivity index (χ2n) is 5.37. The van der Waals surface area contributed by atoms with Crippen LogP contribution in [0, 0.1) is 11.6 Å². The first-order valence-electron chi connectivity index (χ1n) is 7.59. The average molecular weight is 362 g/mol. The first-order chi connectivity index (χ1) is 12.0. The first-order valence-corrected chi connectivity index (χ1v) is 7.97. The number of anilines is 1. The maximum atomic E-state index is 13.5. The normalized spacial score (nSPS) is 10.7. The molecular weight excluding hydrogens is 348 g/mol. The van der Waals surface area contributed by atoms with Gasteiger partial charge in [-0.3, -0.25) is 9.89 Å². The van der Waals surface area contributed by atoms with Crippen molar-refractivity contribution in [3.8, 4) is 11.3 Å². The van der Waals surface area contributed by atoms with Crippen LogP contribution in [0.1, 0.15) is 23.0 Å². The molecule has 0 saturated carbocycles. The van der Waals surface area contributed by atoms with Crippen molar-refractivity contribution in [1.82, 2.24) is 10.2 Å². The SMILES string of the molecule is CCc1[nH]nc(-c2ccc(F)c(F)c2)c1NC(=O)c1ccc(Cl)cc1. The number of aromatic nitrogens is 2. The molecule has 0 aliphatic carbocycles. The lowest BCUT2D eigenvalue weighted by Crippen LogP contribution is -2.13. The van der Waals surface area contributed by atoms with E-state index in [2.05, 4.69) is 15.5 Å². The Labute approximate surface area is 147 Å². The van der Waals surface area contributed by atoms with Gasteiger partial charge < -0.3 is 5.32 Å². The van der Waals surface area contributed by atoms with Gasteiger partial charge in [-0.1, -0.05) is 18.5 Å². The van der Waals surface area contributed by atoms with Crippen LogP contribution < -0.4 is 5.32 Å². The van der Waals surface area contributed by atoms with E-state index in [0.717, 1.165) is 12.1 Å². The fourth-order valence-corrected chi connectivity index (χ4v) is 2.53. The predicted molar refractivity (Wildman–Crippen MR) is 92.7 cm³/mol. The van der Waals surface area contributed by atoms with Gasteiger partial charge in [0.2, 0.25) is 0 Å². The summed E-state index contributed by atoms with van der Waals surface area (Å²) in [7, 11) is 0. The van der Waals surface area contributed by atoms with Crippen molar-refractivity contribution in [1.29, 1.82) is 0 Å². The maximum absolute atomic E-state index is 13.5. The Morgan fingerprint density at radius 1 is 1.16 bits per heavy atom. The minimum atomic E-state index is -0.978. The molecule has 1 aromatic heterocycles. The molecule has 3 rings (SSSR count). The summed E-state index contributed by atoms with van der Waals surface area (Å²) in [4.78, 5) is 12.5. The van der Waals surface area contributed by atoms with E-state index in [1.807, 2.05) is 6.92 Å². The minimum Gasteiger partial charge on any atom is -0.319 e. The number of aromatic amines is 1. The van der Waals surface area contributed by atoms with E-state index in [-0.39, 0.29) is 5.91 Å². The summed E-state index contributed by atoms with van der Waals surface area (Å²) in [5.41, 5.74) is 2.25. The van der Waals surface area contributed by atoms with E-state index < -0.39 is 11.6 Å². The molecule has 0 saturated heterocycles. The lowest BCUT2D eigenvalue weighted by atomic mass is 10.1. The third-order valence-electron chi connectivity index (χ3n) is 3.73. The highest BCUT2D eigenvalue weighted by Crippen LogP contribution is 2.30. The lowest BCUT2D eigenvalue weighted by molar-refractivity contribution is 0.102. The molecule has 1 heterocycles. The fraction of sp³-hybridized carbons (Fsp3) is 0.111. The summed E-state index contributed by atoms with van der Waals surface area (Å²) in [5, 5.41) is 10.3. The van der Waals surface area contributed by atoms with Crippen molar-refractivity contribution in [2.45, 2.75) is 13.3 Å². The highest BCUT2D eigenvalue weighted by atomic mass is 35.5. The maximum Gasteiger partial charge on any atom is 0.255 e. The van der Waals surface area contributed by atoms with Gasteiger partial charge in [0.15, 0.2) is 11.6 Å². The molecule has 0 fully saturated rings. The number of hydrogen-bond acceptors (Lipinski definition) is 2. The smallest absolute Gasteiger partial charge is 0.255 e. The molecule has 0 spiro atoms. The third-order valence-corrected chi connectivity index (χ3v) is 3.98. The summed E-state index contributed by atoms with van der Waals surface area (Å²) in [5.74, 6) is -2.27. The largest absolute Gasteiger partial charge is 0.319 e. The Bertz CT molecular complexity index is 923. The Balaban J connectivity index is 1.97. The molecule has 0 radical (unpaired) electrons. The molecule has 128 valence electrons. The number of aryl methyl sites for hydroxylation is 1. The molecule has 0 unspecified atom stereocenters. The Morgan fingerprint density at radius 3 is 2.52 bits per heavy atom. The third kappa shape index (κ3) is 3.53. The number of H-pyrrole nitrogens is 1. The van der Waals surface area contributed by atoms with Gasteiger partial charge in [-0.2, -0.15) is 5.10 Å². The summed E-state index contributed by atoms with van der Waals surface area (Å²) in [6.07, 6.45) is 0.576. The fourth-order valence-electron chi connectivity index (χ4n) is 2.41. The van der Waals surface area contributed by atoms with Gasteiger partial charge in [-0.25, -0.2) is 8.78 Å². The van der Waals surface area contributed by atoms with Crippen LogP contribution in [0.3, 0.4) is 0 Å². The molecule has 0 aliphatic rings. The molecular formula is C18H14ClF2N3O. The monoisotopic (exact) mass is 361 g/mol. The van der Waals surface area contributed by atoms with Crippen molar-refractivity contribution in [2.24, 2.45) is 0 Å². The number of halogens is 3. The average Bonchev–Trinajstić information content (AvgIpc) is 3.00. The second kappa shape index (κ2) is 7.03. The molecule has 0 atom stereocenters. The van der Waals surface area contributed by atoms with E-state index in [1.165, 1.54) is 6.07 Å². The van der Waals surface area contributed by atoms with Crippen molar-refractivity contribution < 1.29 is 13.6 Å². The van der Waals surface area contributed by atoms with Crippen molar-refractivity contribution in [2.75, 3.05) is 5.32 Å². The van der Waals surface area contributed by atoms with Crippen molar-refractivity contribution in [3.63, 3.8) is 0 Å². The summed E-state index contributed by atoms with van der Waals surface area (Å²) < 4.78 is 26.7. The van der Waals surface area contributed by atoms with Gasteiger partial charge in [0.05, 0.1) is 11.4 Å². The number of nitrogens with zero attached hydrogens (tertiary/aromatic N) is 1. The first kappa shape index (κ1) is 17.1. The van der Waals surface area contributed by atoms with Crippen LogP contribution in [0.15, 0.2) is 42.5 Å². The molecule has 1 amide bonds. The van der Waals surface area contributed by atoms with Gasteiger partial charge in [-0.15, -0.1) is 0 Å². The molecule has 4 nitrogen and oxygen atoms in total. The van der Waals surface area contributed by atoms with Crippen LogP contribution in [0.2, 0.25) is 5.02 Å². The van der Waals surface area contributed by atoms with E-state index >= 15 is 0 Å². The van der Waals surface area contributed by atoms with Crippen molar-refractivity contribution in [3.05, 3.63) is 70.4 Å². The Hall–Kier alpha value is -2.73. The van der Waals surface area contributed by atoms with Gasteiger partial charge in [0.25, 0.3) is 5.91 Å². The molecule has 3 aromatic rings. The van der Waals surface area contributed by atoms with Crippen LogP contribution >= 0.6 is 11.6 Å². The van der Waals surface area contributed by atoms with E-state index in [0.29, 0.717) is 39.6 Å². The lowest BCUT2D eigenvalue weighted by Gasteiger charge is -2.08. The van der Waals surface area contributed by atoms with Crippen LogP contribution in [-0.4, -0.2) is 16.1 Å². The van der Waals surface area contributed by atoms with E-state index in [1.54, 1.807) is 24.3 Å². The zero-order valence-electron chi connectivity index (χ0n) is 13.2. The molecule has 2 N–H and O–H groups in total. The highest BCUT2D eigenvalue weighted by molar-refractivity contribution is 6.30. The van der Waals surface area contributed by atoms with Crippen LogP contribution in [-0.2, 0) is 6.42 Å². The quantitative estimate of drug-likeness (QED) is 0.699. The summed E-state index contributed by atoms with van der Waals surface area (Å²) in [6.45, 7) is 1.89. The number of hydrogen-bond donors (Lipinski definition) is 2. The summed E-state index contributed by atoms with van der Waals surface area (Å²) in [6, 6.07) is 9.90. The molecule has 0 bridgehead atoms. The van der Waals surface area contributed by atoms with Crippen LogP contribution in [0.5, 0.6) is 0 Å². The molecule has 7 heteroatoms. The standard InChI is InChI=1S/C18H14ClF2N3O/c1-2-15-17(22-18(25)10-3-6-12(19)7-4-10)16(24-23-15)11-5-8-13(20)14(21)9-11/h3-9H,2H2,1H3,(H,22,25)(H,23,24). The molecule has 25 heavy (non-hydrogen) atoms. The second-order valence-corrected chi connectivity index (χ2v) is 5.81. The van der Waals surface area contributed by atoms with Crippen molar-refractivity contribution >= 4 is 23.2 Å². The predicted octanol–water partition coefficient (Wildman–Crippen LogP) is 4.82. The van der Waals surface area contributed by atoms with Gasteiger partial charge in [0, 0.05) is 16.1 Å². The van der Waals surface area contributed by atoms with Gasteiger partial charge >= 0.3 is 0 Å². The van der Waals surface area contributed by atoms with Gasteiger partial charge in [-0.05, 0) is 48.9 Å². The number of carbonyl (C=O) groups is 1. The van der Waals surface area contributed by atoms with Crippen LogP contribution in [0.4, 0.5) is 14.5 Å².